The van der Waals surface area contributed by atoms with Crippen molar-refractivity contribution in [2.24, 2.45) is 0 Å². The summed E-state index contributed by atoms with van der Waals surface area (Å²) < 4.78 is 12.3. The van der Waals surface area contributed by atoms with Crippen molar-refractivity contribution in [3.05, 3.63) is 22.2 Å². The van der Waals surface area contributed by atoms with Gasteiger partial charge in [-0.1, -0.05) is 29.8 Å². The summed E-state index contributed by atoms with van der Waals surface area (Å²) in [6.45, 7) is 9.04. The molecule has 1 rings (SSSR count). The van der Waals surface area contributed by atoms with Crippen molar-refractivity contribution in [1.82, 2.24) is 5.32 Å². The first kappa shape index (κ1) is 15.3. The number of methoxy groups -OCH3 is 1. The highest BCUT2D eigenvalue weighted by Gasteiger charge is 2.14. The number of rotatable bonds is 6. The highest BCUT2D eigenvalue weighted by molar-refractivity contribution is 9.10. The molecule has 1 aromatic carbocycles. The molecule has 0 aliphatic carbocycles. The predicted octanol–water partition coefficient (Wildman–Crippen LogP) is 3.74. The van der Waals surface area contributed by atoms with Crippen LogP contribution >= 0.6 is 15.9 Å². The molecule has 0 heterocycles. The van der Waals surface area contributed by atoms with Gasteiger partial charge in [-0.15, -0.1) is 0 Å². The zero-order valence-electron chi connectivity index (χ0n) is 11.7. The van der Waals surface area contributed by atoms with Gasteiger partial charge in [0, 0.05) is 22.6 Å². The first-order valence-corrected chi connectivity index (χ1v) is 6.99. The minimum Gasteiger partial charge on any atom is -0.493 e. The van der Waals surface area contributed by atoms with Crippen molar-refractivity contribution >= 4 is 15.9 Å². The van der Waals surface area contributed by atoms with Gasteiger partial charge < -0.3 is 14.8 Å². The molecule has 102 valence electrons. The molecule has 0 aliphatic heterocycles. The Kier molecular flexibility index (Phi) is 5.96. The molecule has 18 heavy (non-hydrogen) atoms. The standard InChI is InChI=1S/C14H22BrNO2/c1-9(2)16-8-11-6-12(15)7-13(17-5)14(11)18-10(3)4/h6-7,9-10,16H,8H2,1-5H3. The first-order chi connectivity index (χ1) is 8.43. The van der Waals surface area contributed by atoms with Crippen LogP contribution in [0.2, 0.25) is 0 Å². The fourth-order valence-electron chi connectivity index (χ4n) is 1.59. The number of benzene rings is 1. The van der Waals surface area contributed by atoms with E-state index in [2.05, 4.69) is 41.2 Å². The van der Waals surface area contributed by atoms with Crippen LogP contribution in [0.5, 0.6) is 11.5 Å². The Labute approximate surface area is 118 Å². The number of hydrogen-bond donors (Lipinski definition) is 1. The Hall–Kier alpha value is -0.740. The molecule has 0 saturated heterocycles. The maximum atomic E-state index is 5.87. The third-order valence-electron chi connectivity index (χ3n) is 2.37. The molecule has 1 aromatic rings. The molecular formula is C14H22BrNO2. The maximum Gasteiger partial charge on any atom is 0.166 e. The van der Waals surface area contributed by atoms with Gasteiger partial charge >= 0.3 is 0 Å². The third-order valence-corrected chi connectivity index (χ3v) is 2.83. The summed E-state index contributed by atoms with van der Waals surface area (Å²) in [5.41, 5.74) is 1.10. The van der Waals surface area contributed by atoms with E-state index in [1.165, 1.54) is 0 Å². The molecule has 0 amide bonds. The Bertz CT molecular complexity index is 392. The van der Waals surface area contributed by atoms with Crippen LogP contribution in [0.3, 0.4) is 0 Å². The van der Waals surface area contributed by atoms with Crippen LogP contribution in [0, 0.1) is 0 Å². The summed E-state index contributed by atoms with van der Waals surface area (Å²) in [6.07, 6.45) is 0.123. The van der Waals surface area contributed by atoms with E-state index in [4.69, 9.17) is 9.47 Å². The monoisotopic (exact) mass is 315 g/mol. The maximum absolute atomic E-state index is 5.87. The van der Waals surface area contributed by atoms with Crippen molar-refractivity contribution in [3.63, 3.8) is 0 Å². The van der Waals surface area contributed by atoms with E-state index in [0.29, 0.717) is 6.04 Å². The van der Waals surface area contributed by atoms with E-state index in [0.717, 1.165) is 28.1 Å². The van der Waals surface area contributed by atoms with Gasteiger partial charge in [0.05, 0.1) is 13.2 Å². The van der Waals surface area contributed by atoms with Gasteiger partial charge in [-0.3, -0.25) is 0 Å². The van der Waals surface area contributed by atoms with Crippen LogP contribution in [0.4, 0.5) is 0 Å². The van der Waals surface area contributed by atoms with Gasteiger partial charge in [0.15, 0.2) is 11.5 Å². The van der Waals surface area contributed by atoms with Crippen LogP contribution in [0.1, 0.15) is 33.3 Å². The molecule has 0 aliphatic rings. The summed E-state index contributed by atoms with van der Waals surface area (Å²) in [5.74, 6) is 1.59. The van der Waals surface area contributed by atoms with Crippen molar-refractivity contribution in [2.45, 2.75) is 46.4 Å². The molecule has 0 radical (unpaired) electrons. The van der Waals surface area contributed by atoms with Gasteiger partial charge in [0.1, 0.15) is 0 Å². The SMILES string of the molecule is COc1cc(Br)cc(CNC(C)C)c1OC(C)C. The van der Waals surface area contributed by atoms with E-state index in [9.17, 15) is 0 Å². The highest BCUT2D eigenvalue weighted by atomic mass is 79.9. The Morgan fingerprint density at radius 1 is 1.22 bits per heavy atom. The molecule has 1 N–H and O–H groups in total. The van der Waals surface area contributed by atoms with E-state index in [1.807, 2.05) is 19.9 Å². The Morgan fingerprint density at radius 2 is 1.89 bits per heavy atom. The predicted molar refractivity (Wildman–Crippen MR) is 78.4 cm³/mol. The zero-order chi connectivity index (χ0) is 13.7. The van der Waals surface area contributed by atoms with Gasteiger partial charge in [-0.2, -0.15) is 0 Å². The quantitative estimate of drug-likeness (QED) is 0.867. The summed E-state index contributed by atoms with van der Waals surface area (Å²) >= 11 is 3.50. The zero-order valence-corrected chi connectivity index (χ0v) is 13.3. The second kappa shape index (κ2) is 7.00. The second-order valence-corrected chi connectivity index (χ2v) is 5.71. The van der Waals surface area contributed by atoms with Gasteiger partial charge in [0.25, 0.3) is 0 Å². The van der Waals surface area contributed by atoms with E-state index in [-0.39, 0.29) is 6.10 Å². The lowest BCUT2D eigenvalue weighted by atomic mass is 10.1. The Balaban J connectivity index is 3.06. The second-order valence-electron chi connectivity index (χ2n) is 4.80. The van der Waals surface area contributed by atoms with Crippen LogP contribution < -0.4 is 14.8 Å². The Morgan fingerprint density at radius 3 is 2.39 bits per heavy atom. The molecular weight excluding hydrogens is 294 g/mol. The molecule has 0 fully saturated rings. The molecule has 0 saturated carbocycles. The van der Waals surface area contributed by atoms with Crippen LogP contribution in [0.25, 0.3) is 0 Å². The lowest BCUT2D eigenvalue weighted by molar-refractivity contribution is 0.227. The smallest absolute Gasteiger partial charge is 0.166 e. The van der Waals surface area contributed by atoms with Gasteiger partial charge in [-0.25, -0.2) is 0 Å². The van der Waals surface area contributed by atoms with Crippen LogP contribution in [-0.4, -0.2) is 19.3 Å². The number of nitrogens with one attached hydrogen (secondary N) is 1. The molecule has 0 bridgehead atoms. The van der Waals surface area contributed by atoms with E-state index in [1.54, 1.807) is 7.11 Å². The summed E-state index contributed by atoms with van der Waals surface area (Å²) in [5, 5.41) is 3.40. The molecule has 4 heteroatoms. The molecule has 3 nitrogen and oxygen atoms in total. The molecule has 0 aromatic heterocycles. The topological polar surface area (TPSA) is 30.5 Å². The average Bonchev–Trinajstić information content (AvgIpc) is 2.28. The fraction of sp³-hybridized carbons (Fsp3) is 0.571. The minimum absolute atomic E-state index is 0.123. The highest BCUT2D eigenvalue weighted by Crippen LogP contribution is 2.35. The van der Waals surface area contributed by atoms with Crippen molar-refractivity contribution < 1.29 is 9.47 Å². The number of ether oxygens (including phenoxy) is 2. The van der Waals surface area contributed by atoms with Crippen molar-refractivity contribution in [2.75, 3.05) is 7.11 Å². The average molecular weight is 316 g/mol. The van der Waals surface area contributed by atoms with Crippen molar-refractivity contribution in [3.8, 4) is 11.5 Å². The third kappa shape index (κ3) is 4.50. The number of hydrogen-bond acceptors (Lipinski definition) is 3. The summed E-state index contributed by atoms with van der Waals surface area (Å²) in [4.78, 5) is 0. The normalized spacial score (nSPS) is 11.1. The largest absolute Gasteiger partial charge is 0.493 e. The van der Waals surface area contributed by atoms with Crippen LogP contribution in [-0.2, 0) is 6.54 Å². The first-order valence-electron chi connectivity index (χ1n) is 6.20. The summed E-state index contributed by atoms with van der Waals surface area (Å²) in [6, 6.07) is 4.42. The molecule has 0 spiro atoms. The van der Waals surface area contributed by atoms with E-state index < -0.39 is 0 Å². The lowest BCUT2D eigenvalue weighted by Crippen LogP contribution is -2.22. The summed E-state index contributed by atoms with van der Waals surface area (Å²) in [7, 11) is 1.66. The molecule has 0 atom stereocenters. The fourth-order valence-corrected chi connectivity index (χ4v) is 2.07. The van der Waals surface area contributed by atoms with E-state index >= 15 is 0 Å². The van der Waals surface area contributed by atoms with Crippen LogP contribution in [0.15, 0.2) is 16.6 Å². The lowest BCUT2D eigenvalue weighted by Gasteiger charge is -2.19. The molecule has 0 unspecified atom stereocenters. The number of halogens is 1. The minimum atomic E-state index is 0.123. The van der Waals surface area contributed by atoms with Crippen molar-refractivity contribution in [1.29, 1.82) is 0 Å². The van der Waals surface area contributed by atoms with Gasteiger partial charge in [-0.05, 0) is 26.0 Å². The van der Waals surface area contributed by atoms with Gasteiger partial charge in [0.2, 0.25) is 0 Å².